The first-order chi connectivity index (χ1) is 11.5. The van der Waals surface area contributed by atoms with Crippen molar-refractivity contribution in [3.63, 3.8) is 0 Å². The number of thiazole rings is 1. The summed E-state index contributed by atoms with van der Waals surface area (Å²) in [5.41, 5.74) is 0.584. The normalized spacial score (nSPS) is 10.6. The Kier molecular flexibility index (Phi) is 6.88. The van der Waals surface area contributed by atoms with Gasteiger partial charge in [0.05, 0.1) is 6.61 Å². The SMILES string of the molecule is CCOCCOC(=O)C(=O)Nc1nc(-c2cc(Br)no2)c(CC)s1. The maximum absolute atomic E-state index is 11.8. The molecule has 24 heavy (non-hydrogen) atoms. The van der Waals surface area contributed by atoms with Crippen LogP contribution in [-0.2, 0) is 25.5 Å². The lowest BCUT2D eigenvalue weighted by Crippen LogP contribution is -2.26. The van der Waals surface area contributed by atoms with Gasteiger partial charge in [-0.3, -0.25) is 10.1 Å². The molecular weight excluding hydrogens is 402 g/mol. The largest absolute Gasteiger partial charge is 0.456 e. The Bertz CT molecular complexity index is 715. The quantitative estimate of drug-likeness (QED) is 0.419. The number of ether oxygens (including phenoxy) is 2. The molecular formula is C14H16BrN3O5S. The number of anilines is 1. The summed E-state index contributed by atoms with van der Waals surface area (Å²) in [7, 11) is 0. The molecule has 0 saturated carbocycles. The first-order valence-corrected chi connectivity index (χ1v) is 8.84. The minimum Gasteiger partial charge on any atom is -0.456 e. The number of halogens is 1. The molecule has 0 aromatic carbocycles. The highest BCUT2D eigenvalue weighted by molar-refractivity contribution is 9.10. The van der Waals surface area contributed by atoms with Crippen molar-refractivity contribution in [2.45, 2.75) is 20.3 Å². The van der Waals surface area contributed by atoms with Gasteiger partial charge in [0.2, 0.25) is 0 Å². The van der Waals surface area contributed by atoms with Gasteiger partial charge < -0.3 is 14.0 Å². The second-order valence-electron chi connectivity index (χ2n) is 4.45. The number of nitrogens with one attached hydrogen (secondary N) is 1. The number of hydrogen-bond donors (Lipinski definition) is 1. The predicted molar refractivity (Wildman–Crippen MR) is 90.8 cm³/mol. The van der Waals surface area contributed by atoms with Crippen LogP contribution in [0.15, 0.2) is 15.2 Å². The molecule has 0 aliphatic rings. The van der Waals surface area contributed by atoms with Crippen LogP contribution in [0.2, 0.25) is 0 Å². The van der Waals surface area contributed by atoms with Crippen LogP contribution in [0.1, 0.15) is 18.7 Å². The molecule has 0 aliphatic heterocycles. The van der Waals surface area contributed by atoms with Gasteiger partial charge in [0, 0.05) is 17.6 Å². The molecule has 0 spiro atoms. The zero-order valence-electron chi connectivity index (χ0n) is 13.1. The lowest BCUT2D eigenvalue weighted by atomic mass is 10.2. The molecule has 0 atom stereocenters. The summed E-state index contributed by atoms with van der Waals surface area (Å²) in [6.45, 7) is 4.57. The standard InChI is InChI=1S/C14H16BrN3O5S/c1-3-9-11(8-7-10(15)18-23-8)16-14(24-9)17-12(19)13(20)22-6-5-21-4-2/h7H,3-6H2,1-2H3,(H,16,17,19). The monoisotopic (exact) mass is 417 g/mol. The van der Waals surface area contributed by atoms with Crippen LogP contribution in [0.3, 0.4) is 0 Å². The van der Waals surface area contributed by atoms with Crippen LogP contribution in [0.5, 0.6) is 0 Å². The number of esters is 1. The summed E-state index contributed by atoms with van der Waals surface area (Å²) in [5, 5.41) is 6.47. The first kappa shape index (κ1) is 18.6. The number of carbonyl (C=O) groups excluding carboxylic acids is 2. The molecule has 2 aromatic heterocycles. The number of hydrogen-bond acceptors (Lipinski definition) is 8. The molecule has 0 fully saturated rings. The molecule has 0 saturated heterocycles. The highest BCUT2D eigenvalue weighted by Gasteiger charge is 2.21. The molecule has 0 aliphatic carbocycles. The van der Waals surface area contributed by atoms with Crippen LogP contribution >= 0.6 is 27.3 Å². The lowest BCUT2D eigenvalue weighted by Gasteiger charge is -2.04. The number of aryl methyl sites for hydroxylation is 1. The zero-order valence-corrected chi connectivity index (χ0v) is 15.5. The van der Waals surface area contributed by atoms with Gasteiger partial charge in [0.1, 0.15) is 16.9 Å². The fourth-order valence-corrected chi connectivity index (χ4v) is 2.94. The number of nitrogens with zero attached hydrogens (tertiary/aromatic N) is 2. The summed E-state index contributed by atoms with van der Waals surface area (Å²) in [6, 6.07) is 1.68. The Hall–Kier alpha value is -1.78. The highest BCUT2D eigenvalue weighted by atomic mass is 79.9. The smallest absolute Gasteiger partial charge is 0.397 e. The topological polar surface area (TPSA) is 104 Å². The average molecular weight is 418 g/mol. The van der Waals surface area contributed by atoms with Crippen molar-refractivity contribution in [3.8, 4) is 11.5 Å². The molecule has 1 amide bonds. The fraction of sp³-hybridized carbons (Fsp3) is 0.429. The summed E-state index contributed by atoms with van der Waals surface area (Å²) in [5.74, 6) is -1.38. The Morgan fingerprint density at radius 1 is 1.38 bits per heavy atom. The summed E-state index contributed by atoms with van der Waals surface area (Å²) >= 11 is 4.47. The molecule has 2 rings (SSSR count). The molecule has 0 unspecified atom stereocenters. The van der Waals surface area contributed by atoms with Crippen molar-refractivity contribution < 1.29 is 23.6 Å². The Morgan fingerprint density at radius 3 is 2.79 bits per heavy atom. The maximum Gasteiger partial charge on any atom is 0.397 e. The number of rotatable bonds is 7. The van der Waals surface area contributed by atoms with Crippen molar-refractivity contribution in [3.05, 3.63) is 15.5 Å². The Morgan fingerprint density at radius 2 is 2.17 bits per heavy atom. The van der Waals surface area contributed by atoms with E-state index in [1.807, 2.05) is 13.8 Å². The van der Waals surface area contributed by atoms with Gasteiger partial charge in [0.15, 0.2) is 10.9 Å². The van der Waals surface area contributed by atoms with E-state index in [9.17, 15) is 9.59 Å². The minimum atomic E-state index is -0.980. The number of amides is 1. The molecule has 2 aromatic rings. The summed E-state index contributed by atoms with van der Waals surface area (Å²) in [4.78, 5) is 28.6. The van der Waals surface area contributed by atoms with Crippen molar-refractivity contribution in [1.82, 2.24) is 10.1 Å². The van der Waals surface area contributed by atoms with Crippen LogP contribution < -0.4 is 5.32 Å². The third-order valence-corrected chi connectivity index (χ3v) is 4.29. The van der Waals surface area contributed by atoms with Crippen molar-refractivity contribution in [2.24, 2.45) is 0 Å². The third kappa shape index (κ3) is 4.86. The van der Waals surface area contributed by atoms with Crippen LogP contribution in [0.4, 0.5) is 5.13 Å². The van der Waals surface area contributed by atoms with E-state index in [0.717, 1.165) is 4.88 Å². The summed E-state index contributed by atoms with van der Waals surface area (Å²) in [6.07, 6.45) is 0.694. The van der Waals surface area contributed by atoms with Crippen LogP contribution in [-0.4, -0.2) is 41.8 Å². The van der Waals surface area contributed by atoms with Crippen LogP contribution in [0.25, 0.3) is 11.5 Å². The summed E-state index contributed by atoms with van der Waals surface area (Å²) < 4.78 is 15.5. The van der Waals surface area contributed by atoms with E-state index in [0.29, 0.717) is 34.2 Å². The Balaban J connectivity index is 2.01. The second kappa shape index (κ2) is 8.90. The van der Waals surface area contributed by atoms with Crippen molar-refractivity contribution in [2.75, 3.05) is 25.1 Å². The minimum absolute atomic E-state index is 0.0233. The zero-order chi connectivity index (χ0) is 17.5. The number of aromatic nitrogens is 2. The highest BCUT2D eigenvalue weighted by Crippen LogP contribution is 2.32. The fourth-order valence-electron chi connectivity index (χ4n) is 1.75. The van der Waals surface area contributed by atoms with Gasteiger partial charge in [0.25, 0.3) is 0 Å². The molecule has 8 nitrogen and oxygen atoms in total. The Labute approximate surface area is 150 Å². The van der Waals surface area contributed by atoms with Gasteiger partial charge in [-0.15, -0.1) is 11.3 Å². The van der Waals surface area contributed by atoms with Gasteiger partial charge in [-0.2, -0.15) is 0 Å². The molecule has 0 radical (unpaired) electrons. The predicted octanol–water partition coefficient (Wildman–Crippen LogP) is 2.64. The molecule has 0 bridgehead atoms. The molecule has 1 N–H and O–H groups in total. The van der Waals surface area contributed by atoms with E-state index < -0.39 is 11.9 Å². The van der Waals surface area contributed by atoms with E-state index in [1.54, 1.807) is 6.07 Å². The van der Waals surface area contributed by atoms with E-state index in [1.165, 1.54) is 11.3 Å². The lowest BCUT2D eigenvalue weighted by molar-refractivity contribution is -0.153. The van der Waals surface area contributed by atoms with Gasteiger partial charge in [-0.1, -0.05) is 12.1 Å². The van der Waals surface area contributed by atoms with Crippen molar-refractivity contribution >= 4 is 44.3 Å². The average Bonchev–Trinajstić information content (AvgIpc) is 3.17. The molecule has 2 heterocycles. The van der Waals surface area contributed by atoms with Crippen molar-refractivity contribution in [1.29, 1.82) is 0 Å². The number of carbonyl (C=O) groups is 2. The van der Waals surface area contributed by atoms with E-state index in [-0.39, 0.29) is 13.2 Å². The molecule has 130 valence electrons. The van der Waals surface area contributed by atoms with E-state index >= 15 is 0 Å². The molecule has 10 heteroatoms. The van der Waals surface area contributed by atoms with Gasteiger partial charge in [-0.25, -0.2) is 9.78 Å². The van der Waals surface area contributed by atoms with Crippen LogP contribution in [0, 0.1) is 0 Å². The van der Waals surface area contributed by atoms with Gasteiger partial charge >= 0.3 is 11.9 Å². The third-order valence-electron chi connectivity index (χ3n) is 2.80. The van der Waals surface area contributed by atoms with E-state index in [4.69, 9.17) is 14.0 Å². The maximum atomic E-state index is 11.8. The van der Waals surface area contributed by atoms with E-state index in [2.05, 4.69) is 31.4 Å². The second-order valence-corrected chi connectivity index (χ2v) is 6.34. The first-order valence-electron chi connectivity index (χ1n) is 7.23. The van der Waals surface area contributed by atoms with Gasteiger partial charge in [-0.05, 0) is 29.3 Å².